The van der Waals surface area contributed by atoms with E-state index in [2.05, 4.69) is 32.0 Å². The van der Waals surface area contributed by atoms with Crippen LogP contribution in [0.25, 0.3) is 22.2 Å². The lowest BCUT2D eigenvalue weighted by molar-refractivity contribution is 0.108. The Labute approximate surface area is 141 Å². The van der Waals surface area contributed by atoms with E-state index in [-0.39, 0.29) is 0 Å². The minimum atomic E-state index is -0.451. The molecule has 0 atom stereocenters. The number of carbonyl (C=O) groups is 1. The minimum absolute atomic E-state index is 0.451. The van der Waals surface area contributed by atoms with Crippen LogP contribution in [0, 0.1) is 27.7 Å². The molecule has 0 N–H and O–H groups in total. The molecule has 0 radical (unpaired) electrons. The van der Waals surface area contributed by atoms with Gasteiger partial charge in [0.05, 0.1) is 11.2 Å². The van der Waals surface area contributed by atoms with Crippen molar-refractivity contribution in [1.82, 2.24) is 4.98 Å². The number of aromatic nitrogens is 1. The first-order valence-electron chi connectivity index (χ1n) is 7.56. The van der Waals surface area contributed by atoms with Gasteiger partial charge >= 0.3 is 0 Å². The fourth-order valence-corrected chi connectivity index (χ4v) is 3.05. The second kappa shape index (κ2) is 5.78. The number of hydrogen-bond donors (Lipinski definition) is 0. The summed E-state index contributed by atoms with van der Waals surface area (Å²) in [5.41, 5.74) is 7.68. The predicted octanol–water partition coefficient (Wildman–Crippen LogP) is 5.51. The van der Waals surface area contributed by atoms with E-state index in [1.165, 1.54) is 11.1 Å². The van der Waals surface area contributed by atoms with Crippen LogP contribution in [-0.2, 0) is 0 Å². The Hall–Kier alpha value is -2.19. The summed E-state index contributed by atoms with van der Waals surface area (Å²) >= 11 is 5.84. The van der Waals surface area contributed by atoms with Crippen molar-refractivity contribution in [2.24, 2.45) is 0 Å². The molecule has 3 heteroatoms. The number of carbonyl (C=O) groups excluding carboxylic acids is 1. The molecule has 2 aromatic carbocycles. The number of aryl methyl sites for hydroxylation is 4. The van der Waals surface area contributed by atoms with Crippen LogP contribution in [0.2, 0.25) is 0 Å². The van der Waals surface area contributed by atoms with Crippen molar-refractivity contribution in [3.63, 3.8) is 0 Å². The van der Waals surface area contributed by atoms with Gasteiger partial charge in [-0.1, -0.05) is 23.8 Å². The zero-order chi connectivity index (χ0) is 16.7. The van der Waals surface area contributed by atoms with E-state index in [9.17, 15) is 4.79 Å². The van der Waals surface area contributed by atoms with Crippen molar-refractivity contribution < 1.29 is 4.79 Å². The van der Waals surface area contributed by atoms with Crippen LogP contribution in [0.3, 0.4) is 0 Å². The SMILES string of the molecule is Cc1cc(C)c2nc(-c3ccc(C)c(C)c3)cc(C(=O)Cl)c2c1. The second-order valence-corrected chi connectivity index (χ2v) is 6.45. The summed E-state index contributed by atoms with van der Waals surface area (Å²) in [7, 11) is 0. The summed E-state index contributed by atoms with van der Waals surface area (Å²) in [6.45, 7) is 8.16. The molecule has 0 bridgehead atoms. The summed E-state index contributed by atoms with van der Waals surface area (Å²) in [5, 5.41) is 0.363. The molecular formula is C20H18ClNO. The van der Waals surface area contributed by atoms with Crippen LogP contribution < -0.4 is 0 Å². The predicted molar refractivity (Wildman–Crippen MR) is 96.3 cm³/mol. The third kappa shape index (κ3) is 2.87. The third-order valence-corrected chi connectivity index (χ3v) is 4.47. The fourth-order valence-electron chi connectivity index (χ4n) is 2.89. The van der Waals surface area contributed by atoms with Crippen molar-refractivity contribution in [3.8, 4) is 11.3 Å². The van der Waals surface area contributed by atoms with E-state index in [4.69, 9.17) is 16.6 Å². The summed E-state index contributed by atoms with van der Waals surface area (Å²) in [4.78, 5) is 16.7. The van der Waals surface area contributed by atoms with Crippen molar-refractivity contribution in [2.45, 2.75) is 27.7 Å². The summed E-state index contributed by atoms with van der Waals surface area (Å²) in [6.07, 6.45) is 0. The highest BCUT2D eigenvalue weighted by Gasteiger charge is 2.14. The van der Waals surface area contributed by atoms with Crippen molar-refractivity contribution >= 4 is 27.7 Å². The molecule has 23 heavy (non-hydrogen) atoms. The number of nitrogens with zero attached hydrogens (tertiary/aromatic N) is 1. The van der Waals surface area contributed by atoms with Crippen LogP contribution in [0.1, 0.15) is 32.6 Å². The lowest BCUT2D eigenvalue weighted by atomic mass is 9.99. The van der Waals surface area contributed by atoms with Gasteiger partial charge in [-0.05, 0) is 74.2 Å². The lowest BCUT2D eigenvalue weighted by Gasteiger charge is -2.11. The molecule has 116 valence electrons. The molecule has 0 fully saturated rings. The average molecular weight is 324 g/mol. The third-order valence-electron chi connectivity index (χ3n) is 4.26. The molecule has 0 aliphatic heterocycles. The number of benzene rings is 2. The largest absolute Gasteiger partial charge is 0.276 e. The first-order valence-corrected chi connectivity index (χ1v) is 7.94. The molecule has 0 amide bonds. The molecule has 1 aromatic heterocycles. The van der Waals surface area contributed by atoms with Gasteiger partial charge in [0, 0.05) is 16.5 Å². The smallest absolute Gasteiger partial charge is 0.253 e. The molecule has 0 unspecified atom stereocenters. The van der Waals surface area contributed by atoms with Crippen LogP contribution in [0.4, 0.5) is 0 Å². The van der Waals surface area contributed by atoms with Gasteiger partial charge < -0.3 is 0 Å². The van der Waals surface area contributed by atoms with Crippen molar-refractivity contribution in [3.05, 3.63) is 64.2 Å². The van der Waals surface area contributed by atoms with Gasteiger partial charge in [-0.15, -0.1) is 0 Å². The van der Waals surface area contributed by atoms with Gasteiger partial charge in [0.2, 0.25) is 0 Å². The van der Waals surface area contributed by atoms with E-state index >= 15 is 0 Å². The number of halogens is 1. The summed E-state index contributed by atoms with van der Waals surface area (Å²) < 4.78 is 0. The van der Waals surface area contributed by atoms with Crippen LogP contribution in [-0.4, -0.2) is 10.2 Å². The van der Waals surface area contributed by atoms with Gasteiger partial charge in [0.15, 0.2) is 0 Å². The average Bonchev–Trinajstić information content (AvgIpc) is 2.49. The maximum Gasteiger partial charge on any atom is 0.253 e. The highest BCUT2D eigenvalue weighted by Crippen LogP contribution is 2.29. The Morgan fingerprint density at radius 3 is 2.30 bits per heavy atom. The lowest BCUT2D eigenvalue weighted by Crippen LogP contribution is -1.98. The van der Waals surface area contributed by atoms with E-state index in [0.717, 1.165) is 33.3 Å². The number of hydrogen-bond acceptors (Lipinski definition) is 2. The van der Waals surface area contributed by atoms with Crippen molar-refractivity contribution in [1.29, 1.82) is 0 Å². The van der Waals surface area contributed by atoms with Gasteiger partial charge in [-0.2, -0.15) is 0 Å². The normalized spacial score (nSPS) is 11.0. The highest BCUT2D eigenvalue weighted by molar-refractivity contribution is 6.68. The second-order valence-electron chi connectivity index (χ2n) is 6.11. The Balaban J connectivity index is 2.34. The highest BCUT2D eigenvalue weighted by atomic mass is 35.5. The Morgan fingerprint density at radius 1 is 0.913 bits per heavy atom. The monoisotopic (exact) mass is 323 g/mol. The van der Waals surface area contributed by atoms with E-state index in [0.29, 0.717) is 5.56 Å². The molecule has 1 heterocycles. The van der Waals surface area contributed by atoms with Crippen LogP contribution in [0.5, 0.6) is 0 Å². The maximum atomic E-state index is 11.9. The van der Waals surface area contributed by atoms with Crippen LogP contribution >= 0.6 is 11.6 Å². The number of fused-ring (bicyclic) bond motifs is 1. The van der Waals surface area contributed by atoms with E-state index in [1.54, 1.807) is 6.07 Å². The summed E-state index contributed by atoms with van der Waals surface area (Å²) in [6, 6.07) is 12.0. The van der Waals surface area contributed by atoms with Gasteiger partial charge in [0.25, 0.3) is 5.24 Å². The standard InChI is InChI=1S/C20H18ClNO/c1-11-7-14(4)19-16(8-11)17(20(21)23)10-18(22-19)15-6-5-12(2)13(3)9-15/h5-10H,1-4H3. The van der Waals surface area contributed by atoms with Crippen LogP contribution in [0.15, 0.2) is 36.4 Å². The molecule has 0 aliphatic rings. The van der Waals surface area contributed by atoms with Crippen molar-refractivity contribution in [2.75, 3.05) is 0 Å². The zero-order valence-electron chi connectivity index (χ0n) is 13.7. The number of rotatable bonds is 2. The zero-order valence-corrected chi connectivity index (χ0v) is 14.5. The van der Waals surface area contributed by atoms with Gasteiger partial charge in [0.1, 0.15) is 0 Å². The first kappa shape index (κ1) is 15.7. The number of pyridine rings is 1. The molecule has 3 aromatic rings. The van der Waals surface area contributed by atoms with Gasteiger partial charge in [-0.3, -0.25) is 4.79 Å². The Kier molecular flexibility index (Phi) is 3.95. The molecule has 0 spiro atoms. The quantitative estimate of drug-likeness (QED) is 0.582. The first-order chi connectivity index (χ1) is 10.9. The Bertz CT molecular complexity index is 944. The fraction of sp³-hybridized carbons (Fsp3) is 0.200. The molecule has 0 saturated heterocycles. The van der Waals surface area contributed by atoms with E-state index < -0.39 is 5.24 Å². The van der Waals surface area contributed by atoms with E-state index in [1.807, 2.05) is 26.0 Å². The molecule has 3 rings (SSSR count). The Morgan fingerprint density at radius 2 is 1.65 bits per heavy atom. The molecule has 2 nitrogen and oxygen atoms in total. The summed E-state index contributed by atoms with van der Waals surface area (Å²) in [5.74, 6) is 0. The topological polar surface area (TPSA) is 30.0 Å². The molecular weight excluding hydrogens is 306 g/mol. The minimum Gasteiger partial charge on any atom is -0.276 e. The van der Waals surface area contributed by atoms with Gasteiger partial charge in [-0.25, -0.2) is 4.98 Å². The molecule has 0 aliphatic carbocycles. The molecule has 0 saturated carbocycles. The maximum absolute atomic E-state index is 11.9.